The Labute approximate surface area is 97.8 Å². The van der Waals surface area contributed by atoms with E-state index in [4.69, 9.17) is 0 Å². The van der Waals surface area contributed by atoms with Crippen molar-refractivity contribution in [2.24, 2.45) is 5.92 Å². The monoisotopic (exact) mass is 225 g/mol. The third kappa shape index (κ3) is 2.10. The van der Waals surface area contributed by atoms with Crippen LogP contribution in [0.5, 0.6) is 0 Å². The van der Waals surface area contributed by atoms with Crippen LogP contribution >= 0.6 is 0 Å². The van der Waals surface area contributed by atoms with E-state index in [2.05, 4.69) is 0 Å². The zero-order valence-electron chi connectivity index (χ0n) is 10.4. The average molecular weight is 225 g/mol. The fourth-order valence-corrected chi connectivity index (χ4v) is 2.76. The number of hydrogen-bond donors (Lipinski definition) is 1. The van der Waals surface area contributed by atoms with Gasteiger partial charge in [0, 0.05) is 13.0 Å². The van der Waals surface area contributed by atoms with Crippen molar-refractivity contribution in [3.8, 4) is 0 Å². The highest BCUT2D eigenvalue weighted by Gasteiger charge is 2.40. The molecule has 1 aliphatic carbocycles. The molecule has 1 heterocycles. The molecule has 0 radical (unpaired) electrons. The van der Waals surface area contributed by atoms with E-state index >= 15 is 0 Å². The number of aliphatic hydroxyl groups is 1. The molecule has 1 atom stereocenters. The number of carbonyl (C=O) groups excluding carboxylic acids is 1. The largest absolute Gasteiger partial charge is 0.391 e. The third-order valence-corrected chi connectivity index (χ3v) is 4.36. The van der Waals surface area contributed by atoms with Crippen LogP contribution in [0.1, 0.15) is 52.4 Å². The summed E-state index contributed by atoms with van der Waals surface area (Å²) in [6.45, 7) is 4.78. The van der Waals surface area contributed by atoms with Crippen molar-refractivity contribution < 1.29 is 9.90 Å². The van der Waals surface area contributed by atoms with Crippen molar-refractivity contribution in [1.29, 1.82) is 0 Å². The molecule has 1 amide bonds. The summed E-state index contributed by atoms with van der Waals surface area (Å²) in [4.78, 5) is 14.1. The molecule has 1 aliphatic heterocycles. The van der Waals surface area contributed by atoms with E-state index in [9.17, 15) is 9.90 Å². The summed E-state index contributed by atoms with van der Waals surface area (Å²) in [5, 5.41) is 9.97. The van der Waals surface area contributed by atoms with Gasteiger partial charge in [0.1, 0.15) is 0 Å². The standard InChI is InChI=1S/C13H23NO2/c1-13(2)11(15)7-4-8-14(13)12(16)9-10-5-3-6-10/h10-11,15H,3-9H2,1-2H3. The predicted octanol–water partition coefficient (Wildman–Crippen LogP) is 1.94. The minimum atomic E-state index is -0.376. The van der Waals surface area contributed by atoms with Gasteiger partial charge in [0.15, 0.2) is 0 Å². The second kappa shape index (κ2) is 4.36. The first-order chi connectivity index (χ1) is 7.51. The lowest BCUT2D eigenvalue weighted by Crippen LogP contribution is -2.58. The summed E-state index contributed by atoms with van der Waals surface area (Å²) in [6, 6.07) is 0. The lowest BCUT2D eigenvalue weighted by molar-refractivity contribution is -0.147. The van der Waals surface area contributed by atoms with Crippen LogP contribution in [-0.4, -0.2) is 34.1 Å². The quantitative estimate of drug-likeness (QED) is 0.780. The maximum Gasteiger partial charge on any atom is 0.223 e. The van der Waals surface area contributed by atoms with Crippen LogP contribution < -0.4 is 0 Å². The van der Waals surface area contributed by atoms with Crippen LogP contribution in [-0.2, 0) is 4.79 Å². The van der Waals surface area contributed by atoms with Crippen molar-refractivity contribution in [3.63, 3.8) is 0 Å². The number of likely N-dealkylation sites (tertiary alicyclic amines) is 1. The topological polar surface area (TPSA) is 40.5 Å². The summed E-state index contributed by atoms with van der Waals surface area (Å²) in [5.41, 5.74) is -0.376. The molecule has 1 N–H and O–H groups in total. The van der Waals surface area contributed by atoms with Gasteiger partial charge in [0.2, 0.25) is 5.91 Å². The molecular formula is C13H23NO2. The van der Waals surface area contributed by atoms with Crippen molar-refractivity contribution in [3.05, 3.63) is 0 Å². The molecule has 2 fully saturated rings. The normalized spacial score (nSPS) is 29.9. The lowest BCUT2D eigenvalue weighted by Gasteiger charge is -2.46. The Bertz CT molecular complexity index is 271. The molecule has 0 aromatic rings. The zero-order valence-corrected chi connectivity index (χ0v) is 10.4. The molecule has 3 nitrogen and oxygen atoms in total. The Kier molecular flexibility index (Phi) is 3.24. The number of amides is 1. The average Bonchev–Trinajstić information content (AvgIpc) is 2.15. The number of nitrogens with zero attached hydrogens (tertiary/aromatic N) is 1. The van der Waals surface area contributed by atoms with Crippen LogP contribution in [0, 0.1) is 5.92 Å². The molecular weight excluding hydrogens is 202 g/mol. The maximum absolute atomic E-state index is 12.2. The number of carbonyl (C=O) groups is 1. The smallest absolute Gasteiger partial charge is 0.223 e. The van der Waals surface area contributed by atoms with Crippen LogP contribution in [0.3, 0.4) is 0 Å². The van der Waals surface area contributed by atoms with Gasteiger partial charge in [-0.15, -0.1) is 0 Å². The van der Waals surface area contributed by atoms with Crippen molar-refractivity contribution in [2.75, 3.05) is 6.54 Å². The van der Waals surface area contributed by atoms with Crippen LogP contribution in [0.4, 0.5) is 0 Å². The molecule has 0 spiro atoms. The first-order valence-electron chi connectivity index (χ1n) is 6.50. The highest BCUT2D eigenvalue weighted by molar-refractivity contribution is 5.77. The number of piperidine rings is 1. The Morgan fingerprint density at radius 2 is 2.00 bits per heavy atom. The van der Waals surface area contributed by atoms with Gasteiger partial charge in [-0.1, -0.05) is 6.42 Å². The second-order valence-corrected chi connectivity index (χ2v) is 5.86. The fourth-order valence-electron chi connectivity index (χ4n) is 2.76. The molecule has 2 rings (SSSR count). The number of aliphatic hydroxyl groups excluding tert-OH is 1. The summed E-state index contributed by atoms with van der Waals surface area (Å²) < 4.78 is 0. The van der Waals surface area contributed by atoms with E-state index in [1.165, 1.54) is 19.3 Å². The predicted molar refractivity (Wildman–Crippen MR) is 63.0 cm³/mol. The minimum absolute atomic E-state index is 0.244. The van der Waals surface area contributed by atoms with Crippen LogP contribution in [0.2, 0.25) is 0 Å². The Morgan fingerprint density at radius 1 is 1.31 bits per heavy atom. The van der Waals surface area contributed by atoms with Gasteiger partial charge >= 0.3 is 0 Å². The van der Waals surface area contributed by atoms with Crippen LogP contribution in [0.15, 0.2) is 0 Å². The van der Waals surface area contributed by atoms with Gasteiger partial charge in [0.25, 0.3) is 0 Å². The Balaban J connectivity index is 1.97. The van der Waals surface area contributed by atoms with Crippen molar-refractivity contribution in [1.82, 2.24) is 4.90 Å². The highest BCUT2D eigenvalue weighted by atomic mass is 16.3. The third-order valence-electron chi connectivity index (χ3n) is 4.36. The van der Waals surface area contributed by atoms with E-state index < -0.39 is 0 Å². The fraction of sp³-hybridized carbons (Fsp3) is 0.923. The number of hydrogen-bond acceptors (Lipinski definition) is 2. The van der Waals surface area contributed by atoms with Gasteiger partial charge < -0.3 is 10.0 Å². The van der Waals surface area contributed by atoms with Gasteiger partial charge in [-0.05, 0) is 45.4 Å². The summed E-state index contributed by atoms with van der Waals surface area (Å²) in [7, 11) is 0. The molecule has 16 heavy (non-hydrogen) atoms. The molecule has 0 aromatic carbocycles. The summed E-state index contributed by atoms with van der Waals surface area (Å²) in [6.07, 6.45) is 5.78. The van der Waals surface area contributed by atoms with Gasteiger partial charge in [-0.25, -0.2) is 0 Å². The van der Waals surface area contributed by atoms with Crippen molar-refractivity contribution in [2.45, 2.75) is 64.0 Å². The second-order valence-electron chi connectivity index (χ2n) is 5.86. The van der Waals surface area contributed by atoms with E-state index in [0.717, 1.165) is 19.4 Å². The SMILES string of the molecule is CC1(C)C(O)CCCN1C(=O)CC1CCC1. The molecule has 92 valence electrons. The molecule has 1 saturated heterocycles. The zero-order chi connectivity index (χ0) is 11.8. The Hall–Kier alpha value is -0.570. The highest BCUT2D eigenvalue weighted by Crippen LogP contribution is 2.33. The molecule has 1 saturated carbocycles. The molecule has 1 unspecified atom stereocenters. The van der Waals surface area contributed by atoms with E-state index in [0.29, 0.717) is 12.3 Å². The lowest BCUT2D eigenvalue weighted by atomic mass is 9.81. The first kappa shape index (κ1) is 11.9. The number of rotatable bonds is 2. The summed E-state index contributed by atoms with van der Waals surface area (Å²) >= 11 is 0. The maximum atomic E-state index is 12.2. The van der Waals surface area contributed by atoms with E-state index in [-0.39, 0.29) is 17.6 Å². The summed E-state index contributed by atoms with van der Waals surface area (Å²) in [5.74, 6) is 0.857. The van der Waals surface area contributed by atoms with E-state index in [1.807, 2.05) is 18.7 Å². The molecule has 3 heteroatoms. The van der Waals surface area contributed by atoms with Gasteiger partial charge in [0.05, 0.1) is 11.6 Å². The molecule has 0 bridgehead atoms. The first-order valence-corrected chi connectivity index (χ1v) is 6.50. The van der Waals surface area contributed by atoms with E-state index in [1.54, 1.807) is 0 Å². The minimum Gasteiger partial charge on any atom is -0.391 e. The van der Waals surface area contributed by atoms with Gasteiger partial charge in [-0.2, -0.15) is 0 Å². The Morgan fingerprint density at radius 3 is 2.56 bits per heavy atom. The van der Waals surface area contributed by atoms with Crippen LogP contribution in [0.25, 0.3) is 0 Å². The van der Waals surface area contributed by atoms with Gasteiger partial charge in [-0.3, -0.25) is 4.79 Å². The molecule has 0 aromatic heterocycles. The van der Waals surface area contributed by atoms with Crippen molar-refractivity contribution >= 4 is 5.91 Å². The molecule has 2 aliphatic rings.